The summed E-state index contributed by atoms with van der Waals surface area (Å²) in [5.74, 6) is 1.15. The Morgan fingerprint density at radius 1 is 1.35 bits per heavy atom. The molecule has 20 heavy (non-hydrogen) atoms. The number of aryl methyl sites for hydroxylation is 2. The number of carbonyl (C=O) groups excluding carboxylic acids is 1. The summed E-state index contributed by atoms with van der Waals surface area (Å²) in [7, 11) is 0. The predicted octanol–water partition coefficient (Wildman–Crippen LogP) is 2.70. The zero-order valence-electron chi connectivity index (χ0n) is 11.4. The SMILES string of the molecule is Cc1nc(CNC(=O)c2cccc3cc[nH]c23)oc1C. The fourth-order valence-corrected chi connectivity index (χ4v) is 2.14. The molecule has 2 heterocycles. The van der Waals surface area contributed by atoms with Crippen molar-refractivity contribution in [1.29, 1.82) is 0 Å². The second-order valence-corrected chi connectivity index (χ2v) is 4.68. The molecule has 0 fully saturated rings. The molecule has 0 aliphatic heterocycles. The molecular formula is C15H15N3O2. The quantitative estimate of drug-likeness (QED) is 0.768. The van der Waals surface area contributed by atoms with Crippen molar-refractivity contribution in [1.82, 2.24) is 15.3 Å². The van der Waals surface area contributed by atoms with Crippen LogP contribution in [0.15, 0.2) is 34.9 Å². The molecule has 1 amide bonds. The average molecular weight is 269 g/mol. The van der Waals surface area contributed by atoms with Gasteiger partial charge in [-0.25, -0.2) is 4.98 Å². The van der Waals surface area contributed by atoms with Crippen LogP contribution in [-0.2, 0) is 6.54 Å². The molecule has 1 aromatic carbocycles. The third kappa shape index (κ3) is 2.18. The lowest BCUT2D eigenvalue weighted by Gasteiger charge is -2.04. The van der Waals surface area contributed by atoms with E-state index in [4.69, 9.17) is 4.42 Å². The average Bonchev–Trinajstić information content (AvgIpc) is 3.03. The minimum absolute atomic E-state index is 0.147. The molecule has 3 aromatic rings. The highest BCUT2D eigenvalue weighted by atomic mass is 16.4. The van der Waals surface area contributed by atoms with Crippen LogP contribution in [-0.4, -0.2) is 15.9 Å². The Morgan fingerprint density at radius 3 is 2.95 bits per heavy atom. The smallest absolute Gasteiger partial charge is 0.253 e. The number of oxazole rings is 1. The van der Waals surface area contributed by atoms with Gasteiger partial charge in [0, 0.05) is 11.6 Å². The molecule has 5 heteroatoms. The molecule has 5 nitrogen and oxygen atoms in total. The lowest BCUT2D eigenvalue weighted by Crippen LogP contribution is -2.23. The van der Waals surface area contributed by atoms with Crippen LogP contribution in [0.2, 0.25) is 0 Å². The minimum atomic E-state index is -0.147. The maximum absolute atomic E-state index is 12.2. The molecule has 2 N–H and O–H groups in total. The first kappa shape index (κ1) is 12.5. The molecule has 0 saturated heterocycles. The molecule has 3 rings (SSSR count). The van der Waals surface area contributed by atoms with E-state index in [0.29, 0.717) is 11.5 Å². The van der Waals surface area contributed by atoms with Crippen LogP contribution in [0.4, 0.5) is 0 Å². The highest BCUT2D eigenvalue weighted by Gasteiger charge is 2.12. The lowest BCUT2D eigenvalue weighted by molar-refractivity contribution is 0.0948. The van der Waals surface area contributed by atoms with Crippen molar-refractivity contribution in [3.8, 4) is 0 Å². The van der Waals surface area contributed by atoms with E-state index in [-0.39, 0.29) is 12.5 Å². The van der Waals surface area contributed by atoms with Gasteiger partial charge in [0.1, 0.15) is 5.76 Å². The first-order chi connectivity index (χ1) is 9.65. The summed E-state index contributed by atoms with van der Waals surface area (Å²) in [5.41, 5.74) is 2.30. The van der Waals surface area contributed by atoms with Crippen LogP contribution in [0.1, 0.15) is 27.7 Å². The summed E-state index contributed by atoms with van der Waals surface area (Å²) in [6.45, 7) is 4.02. The van der Waals surface area contributed by atoms with Crippen molar-refractivity contribution in [2.45, 2.75) is 20.4 Å². The lowest BCUT2D eigenvalue weighted by atomic mass is 10.1. The highest BCUT2D eigenvalue weighted by Crippen LogP contribution is 2.17. The Hall–Kier alpha value is -2.56. The van der Waals surface area contributed by atoms with Gasteiger partial charge in [0.15, 0.2) is 0 Å². The first-order valence-electron chi connectivity index (χ1n) is 6.42. The number of benzene rings is 1. The molecule has 0 radical (unpaired) electrons. The molecule has 0 saturated carbocycles. The van der Waals surface area contributed by atoms with Gasteiger partial charge < -0.3 is 14.7 Å². The zero-order valence-corrected chi connectivity index (χ0v) is 11.4. The molecular weight excluding hydrogens is 254 g/mol. The monoisotopic (exact) mass is 269 g/mol. The molecule has 0 aliphatic carbocycles. The van der Waals surface area contributed by atoms with Crippen molar-refractivity contribution >= 4 is 16.8 Å². The van der Waals surface area contributed by atoms with Gasteiger partial charge in [-0.1, -0.05) is 12.1 Å². The van der Waals surface area contributed by atoms with Crippen molar-refractivity contribution in [2.75, 3.05) is 0 Å². The number of aromatic amines is 1. The number of H-pyrrole nitrogens is 1. The van der Waals surface area contributed by atoms with Crippen molar-refractivity contribution < 1.29 is 9.21 Å². The van der Waals surface area contributed by atoms with E-state index in [1.54, 1.807) is 6.07 Å². The molecule has 102 valence electrons. The number of rotatable bonds is 3. The molecule has 0 spiro atoms. The van der Waals surface area contributed by atoms with Gasteiger partial charge in [0.2, 0.25) is 5.89 Å². The van der Waals surface area contributed by atoms with Crippen LogP contribution in [0.25, 0.3) is 10.9 Å². The molecule has 2 aromatic heterocycles. The minimum Gasteiger partial charge on any atom is -0.444 e. The first-order valence-corrected chi connectivity index (χ1v) is 6.42. The normalized spacial score (nSPS) is 10.9. The van der Waals surface area contributed by atoms with Crippen LogP contribution in [0, 0.1) is 13.8 Å². The maximum atomic E-state index is 12.2. The Bertz CT molecular complexity index is 751. The Kier molecular flexibility index (Phi) is 3.02. The zero-order chi connectivity index (χ0) is 14.1. The van der Waals surface area contributed by atoms with Gasteiger partial charge in [-0.2, -0.15) is 0 Å². The number of aromatic nitrogens is 2. The number of nitrogens with one attached hydrogen (secondary N) is 2. The second-order valence-electron chi connectivity index (χ2n) is 4.68. The van der Waals surface area contributed by atoms with E-state index in [1.165, 1.54) is 0 Å². The summed E-state index contributed by atoms with van der Waals surface area (Å²) in [4.78, 5) is 19.5. The van der Waals surface area contributed by atoms with Crippen LogP contribution in [0.3, 0.4) is 0 Å². The summed E-state index contributed by atoms with van der Waals surface area (Å²) < 4.78 is 5.44. The van der Waals surface area contributed by atoms with Crippen LogP contribution in [0.5, 0.6) is 0 Å². The van der Waals surface area contributed by atoms with E-state index in [0.717, 1.165) is 22.4 Å². The summed E-state index contributed by atoms with van der Waals surface area (Å²) in [6.07, 6.45) is 1.82. The number of para-hydroxylation sites is 1. The number of nitrogens with zero attached hydrogens (tertiary/aromatic N) is 1. The van der Waals surface area contributed by atoms with Gasteiger partial charge in [-0.15, -0.1) is 0 Å². The second kappa shape index (κ2) is 4.85. The number of hydrogen-bond donors (Lipinski definition) is 2. The van der Waals surface area contributed by atoms with E-state index < -0.39 is 0 Å². The summed E-state index contributed by atoms with van der Waals surface area (Å²) in [5, 5.41) is 3.84. The Morgan fingerprint density at radius 2 is 2.20 bits per heavy atom. The Balaban J connectivity index is 1.78. The van der Waals surface area contributed by atoms with E-state index in [2.05, 4.69) is 15.3 Å². The number of amides is 1. The van der Waals surface area contributed by atoms with Gasteiger partial charge >= 0.3 is 0 Å². The number of carbonyl (C=O) groups is 1. The topological polar surface area (TPSA) is 70.9 Å². The highest BCUT2D eigenvalue weighted by molar-refractivity contribution is 6.05. The standard InChI is InChI=1S/C15H15N3O2/c1-9-10(2)20-13(18-9)8-17-15(19)12-5-3-4-11-6-7-16-14(11)12/h3-7,16H,8H2,1-2H3,(H,17,19). The van der Waals surface area contributed by atoms with Crippen molar-refractivity contribution in [3.63, 3.8) is 0 Å². The van der Waals surface area contributed by atoms with Gasteiger partial charge in [0.25, 0.3) is 5.91 Å². The van der Waals surface area contributed by atoms with E-state index in [1.807, 2.05) is 38.2 Å². The summed E-state index contributed by atoms with van der Waals surface area (Å²) >= 11 is 0. The molecule has 0 unspecified atom stereocenters. The predicted molar refractivity (Wildman–Crippen MR) is 75.4 cm³/mol. The molecule has 0 atom stereocenters. The fourth-order valence-electron chi connectivity index (χ4n) is 2.14. The third-order valence-electron chi connectivity index (χ3n) is 3.30. The van der Waals surface area contributed by atoms with Gasteiger partial charge in [0.05, 0.1) is 23.3 Å². The maximum Gasteiger partial charge on any atom is 0.253 e. The van der Waals surface area contributed by atoms with E-state index >= 15 is 0 Å². The number of hydrogen-bond acceptors (Lipinski definition) is 3. The van der Waals surface area contributed by atoms with Crippen molar-refractivity contribution in [3.05, 3.63) is 53.4 Å². The van der Waals surface area contributed by atoms with Gasteiger partial charge in [-0.3, -0.25) is 4.79 Å². The number of fused-ring (bicyclic) bond motifs is 1. The van der Waals surface area contributed by atoms with Crippen LogP contribution >= 0.6 is 0 Å². The van der Waals surface area contributed by atoms with Gasteiger partial charge in [-0.05, 0) is 26.0 Å². The molecule has 0 aliphatic rings. The van der Waals surface area contributed by atoms with Crippen LogP contribution < -0.4 is 5.32 Å². The van der Waals surface area contributed by atoms with E-state index in [9.17, 15) is 4.79 Å². The molecule has 0 bridgehead atoms. The largest absolute Gasteiger partial charge is 0.444 e. The van der Waals surface area contributed by atoms with Crippen molar-refractivity contribution in [2.24, 2.45) is 0 Å². The summed E-state index contributed by atoms with van der Waals surface area (Å²) in [6, 6.07) is 7.56. The third-order valence-corrected chi connectivity index (χ3v) is 3.30. The fraction of sp³-hybridized carbons (Fsp3) is 0.200. The Labute approximate surface area is 116 Å².